The first-order valence-electron chi connectivity index (χ1n) is 4.41. The van der Waals surface area contributed by atoms with Crippen LogP contribution in [0.1, 0.15) is 26.2 Å². The van der Waals surface area contributed by atoms with Gasteiger partial charge in [-0.1, -0.05) is 6.92 Å². The second kappa shape index (κ2) is 6.21. The van der Waals surface area contributed by atoms with E-state index in [1.807, 2.05) is 6.92 Å². The molecular formula is C8H16F3NO. The second-order valence-corrected chi connectivity index (χ2v) is 3.01. The molecule has 0 radical (unpaired) electrons. The Balaban J connectivity index is 3.35. The Hall–Kier alpha value is -0.290. The third-order valence-corrected chi connectivity index (χ3v) is 1.57. The minimum absolute atomic E-state index is 0.222. The maximum absolute atomic E-state index is 11.7. The minimum atomic E-state index is -4.16. The van der Waals surface area contributed by atoms with Crippen LogP contribution in [-0.2, 0) is 0 Å². The van der Waals surface area contributed by atoms with Crippen molar-refractivity contribution in [2.24, 2.45) is 0 Å². The largest absolute Gasteiger partial charge is 0.392 e. The van der Waals surface area contributed by atoms with Gasteiger partial charge in [-0.05, 0) is 19.4 Å². The van der Waals surface area contributed by atoms with Crippen LogP contribution in [0.4, 0.5) is 13.2 Å². The van der Waals surface area contributed by atoms with Crippen LogP contribution in [0.2, 0.25) is 0 Å². The standard InChI is InChI=1S/C8H16F3NO/c1-2-5-12-6-7(13)3-4-8(9,10)11/h7,12-13H,2-6H2,1H3. The van der Waals surface area contributed by atoms with Crippen molar-refractivity contribution in [1.82, 2.24) is 5.32 Å². The number of rotatable bonds is 6. The van der Waals surface area contributed by atoms with Crippen molar-refractivity contribution >= 4 is 0 Å². The van der Waals surface area contributed by atoms with Gasteiger partial charge >= 0.3 is 6.18 Å². The molecule has 0 saturated heterocycles. The molecule has 2 N–H and O–H groups in total. The predicted molar refractivity (Wildman–Crippen MR) is 44.5 cm³/mol. The summed E-state index contributed by atoms with van der Waals surface area (Å²) >= 11 is 0. The van der Waals surface area contributed by atoms with E-state index in [1.165, 1.54) is 0 Å². The molecule has 0 heterocycles. The first-order chi connectivity index (χ1) is 5.95. The van der Waals surface area contributed by atoms with Crippen molar-refractivity contribution in [2.45, 2.75) is 38.5 Å². The SMILES string of the molecule is CCCNCC(O)CCC(F)(F)F. The predicted octanol–water partition coefficient (Wildman–Crippen LogP) is 1.69. The summed E-state index contributed by atoms with van der Waals surface area (Å²) in [6, 6.07) is 0. The molecule has 0 aromatic carbocycles. The zero-order valence-corrected chi connectivity index (χ0v) is 7.69. The van der Waals surface area contributed by atoms with Gasteiger partial charge in [0.2, 0.25) is 0 Å². The highest BCUT2D eigenvalue weighted by molar-refractivity contribution is 4.62. The smallest absolute Gasteiger partial charge is 0.389 e. The summed E-state index contributed by atoms with van der Waals surface area (Å²) < 4.78 is 35.0. The molecule has 1 unspecified atom stereocenters. The monoisotopic (exact) mass is 199 g/mol. The van der Waals surface area contributed by atoms with Crippen molar-refractivity contribution in [3.05, 3.63) is 0 Å². The number of halogens is 3. The van der Waals surface area contributed by atoms with Crippen LogP contribution in [0.15, 0.2) is 0 Å². The van der Waals surface area contributed by atoms with Crippen molar-refractivity contribution in [3.63, 3.8) is 0 Å². The lowest BCUT2D eigenvalue weighted by Crippen LogP contribution is -2.28. The first kappa shape index (κ1) is 12.7. The fraction of sp³-hybridized carbons (Fsp3) is 1.00. The maximum Gasteiger partial charge on any atom is 0.389 e. The molecule has 0 aliphatic heterocycles. The van der Waals surface area contributed by atoms with Crippen LogP contribution in [0.3, 0.4) is 0 Å². The lowest BCUT2D eigenvalue weighted by atomic mass is 10.2. The minimum Gasteiger partial charge on any atom is -0.392 e. The van der Waals surface area contributed by atoms with Gasteiger partial charge < -0.3 is 10.4 Å². The lowest BCUT2D eigenvalue weighted by Gasteiger charge is -2.12. The molecule has 0 fully saturated rings. The molecule has 0 aromatic heterocycles. The Labute approximate surface area is 76.1 Å². The van der Waals surface area contributed by atoms with Crippen LogP contribution in [0, 0.1) is 0 Å². The molecule has 1 atom stereocenters. The average molecular weight is 199 g/mol. The summed E-state index contributed by atoms with van der Waals surface area (Å²) in [5.41, 5.74) is 0. The Kier molecular flexibility index (Phi) is 6.07. The molecule has 0 aromatic rings. The number of hydrogen-bond donors (Lipinski definition) is 2. The maximum atomic E-state index is 11.7. The van der Waals surface area contributed by atoms with Gasteiger partial charge in [0, 0.05) is 13.0 Å². The van der Waals surface area contributed by atoms with Gasteiger partial charge in [-0.3, -0.25) is 0 Å². The number of alkyl halides is 3. The third kappa shape index (κ3) is 9.63. The van der Waals surface area contributed by atoms with E-state index in [4.69, 9.17) is 5.11 Å². The van der Waals surface area contributed by atoms with E-state index >= 15 is 0 Å². The van der Waals surface area contributed by atoms with E-state index in [0.29, 0.717) is 0 Å². The van der Waals surface area contributed by atoms with Crippen LogP contribution in [0.25, 0.3) is 0 Å². The van der Waals surface area contributed by atoms with E-state index in [1.54, 1.807) is 0 Å². The van der Waals surface area contributed by atoms with E-state index in [0.717, 1.165) is 13.0 Å². The summed E-state index contributed by atoms with van der Waals surface area (Å²) in [4.78, 5) is 0. The van der Waals surface area contributed by atoms with Crippen LogP contribution >= 0.6 is 0 Å². The Morgan fingerprint density at radius 1 is 1.38 bits per heavy atom. The molecule has 0 aliphatic carbocycles. The van der Waals surface area contributed by atoms with Gasteiger partial charge in [-0.2, -0.15) is 13.2 Å². The fourth-order valence-electron chi connectivity index (χ4n) is 0.878. The Morgan fingerprint density at radius 2 is 2.00 bits per heavy atom. The molecule has 0 spiro atoms. The second-order valence-electron chi connectivity index (χ2n) is 3.01. The highest BCUT2D eigenvalue weighted by Crippen LogP contribution is 2.21. The third-order valence-electron chi connectivity index (χ3n) is 1.57. The summed E-state index contributed by atoms with van der Waals surface area (Å²) in [7, 11) is 0. The fourth-order valence-corrected chi connectivity index (χ4v) is 0.878. The summed E-state index contributed by atoms with van der Waals surface area (Å²) in [6.07, 6.45) is -5.28. The van der Waals surface area contributed by atoms with Gasteiger partial charge in [-0.15, -0.1) is 0 Å². The molecule has 80 valence electrons. The zero-order chi connectivity index (χ0) is 10.3. The van der Waals surface area contributed by atoms with Crippen molar-refractivity contribution in [3.8, 4) is 0 Å². The van der Waals surface area contributed by atoms with E-state index in [2.05, 4.69) is 5.32 Å². The average Bonchev–Trinajstić information content (AvgIpc) is 2.00. The summed E-state index contributed by atoms with van der Waals surface area (Å²) in [6.45, 7) is 2.92. The van der Waals surface area contributed by atoms with Crippen molar-refractivity contribution < 1.29 is 18.3 Å². The molecule has 5 heteroatoms. The number of aliphatic hydroxyl groups excluding tert-OH is 1. The molecule has 13 heavy (non-hydrogen) atoms. The van der Waals surface area contributed by atoms with Crippen molar-refractivity contribution in [2.75, 3.05) is 13.1 Å². The number of hydrogen-bond acceptors (Lipinski definition) is 2. The Morgan fingerprint density at radius 3 is 2.46 bits per heavy atom. The summed E-state index contributed by atoms with van der Waals surface area (Å²) in [5.74, 6) is 0. The van der Waals surface area contributed by atoms with Crippen LogP contribution in [0.5, 0.6) is 0 Å². The Bertz CT molecular complexity index is 127. The summed E-state index contributed by atoms with van der Waals surface area (Å²) in [5, 5.41) is 11.9. The first-order valence-corrected chi connectivity index (χ1v) is 4.41. The molecule has 2 nitrogen and oxygen atoms in total. The van der Waals surface area contributed by atoms with Gasteiger partial charge in [-0.25, -0.2) is 0 Å². The van der Waals surface area contributed by atoms with E-state index < -0.39 is 18.7 Å². The number of aliphatic hydroxyl groups is 1. The molecule has 0 amide bonds. The normalized spacial score (nSPS) is 14.5. The van der Waals surface area contributed by atoms with Gasteiger partial charge in [0.1, 0.15) is 0 Å². The van der Waals surface area contributed by atoms with Crippen LogP contribution in [-0.4, -0.2) is 30.5 Å². The van der Waals surface area contributed by atoms with Crippen molar-refractivity contribution in [1.29, 1.82) is 0 Å². The molecule has 0 saturated carbocycles. The molecule has 0 bridgehead atoms. The van der Waals surface area contributed by atoms with Crippen LogP contribution < -0.4 is 5.32 Å². The topological polar surface area (TPSA) is 32.3 Å². The highest BCUT2D eigenvalue weighted by atomic mass is 19.4. The molecule has 0 rings (SSSR count). The van der Waals surface area contributed by atoms with E-state index in [9.17, 15) is 13.2 Å². The molecular weight excluding hydrogens is 183 g/mol. The highest BCUT2D eigenvalue weighted by Gasteiger charge is 2.27. The molecule has 0 aliphatic rings. The van der Waals surface area contributed by atoms with E-state index in [-0.39, 0.29) is 13.0 Å². The lowest BCUT2D eigenvalue weighted by molar-refractivity contribution is -0.139. The van der Waals surface area contributed by atoms with Gasteiger partial charge in [0.05, 0.1) is 6.10 Å². The zero-order valence-electron chi connectivity index (χ0n) is 7.69. The number of nitrogens with one attached hydrogen (secondary N) is 1. The van der Waals surface area contributed by atoms with Gasteiger partial charge in [0.15, 0.2) is 0 Å². The quantitative estimate of drug-likeness (QED) is 0.638. The van der Waals surface area contributed by atoms with Gasteiger partial charge in [0.25, 0.3) is 0 Å².